The number of hydrogen-bond donors (Lipinski definition) is 0. The molecule has 4 atom stereocenters. The highest BCUT2D eigenvalue weighted by molar-refractivity contribution is 6.39. The van der Waals surface area contributed by atoms with E-state index in [-0.39, 0.29) is 17.6 Å². The number of rotatable bonds is 7. The zero-order chi connectivity index (χ0) is 34.1. The molecular formula is C43H35NO5. The van der Waals surface area contributed by atoms with Crippen LogP contribution in [0.2, 0.25) is 0 Å². The molecule has 2 bridgehead atoms. The number of imide groups is 1. The normalized spacial score (nSPS) is 24.1. The largest absolute Gasteiger partial charge is 0.497 e. The van der Waals surface area contributed by atoms with Gasteiger partial charge in [0, 0.05) is 0 Å². The summed E-state index contributed by atoms with van der Waals surface area (Å²) in [5.41, 5.74) is 3.83. The molecule has 0 aromatic heterocycles. The predicted molar refractivity (Wildman–Crippen MR) is 189 cm³/mol. The summed E-state index contributed by atoms with van der Waals surface area (Å²) in [7, 11) is 3.23. The van der Waals surface area contributed by atoms with Crippen molar-refractivity contribution in [2.24, 2.45) is 11.8 Å². The molecule has 0 unspecified atom stereocenters. The van der Waals surface area contributed by atoms with Crippen molar-refractivity contribution >= 4 is 34.4 Å². The Labute approximate surface area is 285 Å². The van der Waals surface area contributed by atoms with Crippen LogP contribution in [0.1, 0.15) is 33.4 Å². The van der Waals surface area contributed by atoms with Gasteiger partial charge in [0.25, 0.3) is 0 Å². The summed E-state index contributed by atoms with van der Waals surface area (Å²) in [4.78, 5) is 47.9. The Morgan fingerprint density at radius 1 is 0.551 bits per heavy atom. The molecule has 5 aromatic rings. The molecule has 0 spiro atoms. The van der Waals surface area contributed by atoms with Crippen molar-refractivity contribution in [1.29, 1.82) is 0 Å². The number of benzene rings is 5. The van der Waals surface area contributed by atoms with E-state index in [1.54, 1.807) is 14.2 Å². The van der Waals surface area contributed by atoms with Crippen LogP contribution in [-0.4, -0.2) is 31.8 Å². The molecule has 2 fully saturated rings. The van der Waals surface area contributed by atoms with E-state index in [0.717, 1.165) is 33.4 Å². The number of ketones is 1. The minimum Gasteiger partial charge on any atom is -0.497 e. The molecule has 49 heavy (non-hydrogen) atoms. The van der Waals surface area contributed by atoms with Crippen molar-refractivity contribution < 1.29 is 23.9 Å². The van der Waals surface area contributed by atoms with Gasteiger partial charge in [-0.3, -0.25) is 14.4 Å². The lowest BCUT2D eigenvalue weighted by Gasteiger charge is -2.39. The van der Waals surface area contributed by atoms with Crippen molar-refractivity contribution in [1.82, 2.24) is 0 Å². The number of nitrogens with zero attached hydrogens (tertiary/aromatic N) is 1. The lowest BCUT2D eigenvalue weighted by molar-refractivity contribution is -0.130. The van der Waals surface area contributed by atoms with Gasteiger partial charge in [0.1, 0.15) is 11.5 Å². The molecule has 2 aliphatic carbocycles. The zero-order valence-corrected chi connectivity index (χ0v) is 27.8. The second-order valence-corrected chi connectivity index (χ2v) is 13.1. The molecular weight excluding hydrogens is 610 g/mol. The molecule has 1 aliphatic heterocycles. The van der Waals surface area contributed by atoms with Gasteiger partial charge in [-0.1, -0.05) is 103 Å². The Hall–Kier alpha value is -5.75. The molecule has 1 saturated heterocycles. The molecule has 6 heteroatoms. The third-order valence-corrected chi connectivity index (χ3v) is 10.8. The van der Waals surface area contributed by atoms with Crippen LogP contribution in [0.5, 0.6) is 11.5 Å². The SMILES string of the molecule is COc1ccc(C2=C(c3ccc(OC)cc3)[C@@]3(c4ccccc4)C(=O)[C@]2(c2ccccc2)[C@@H]2C(=O)N(c4ccc(C)cc4C)C(=O)[C@@H]23)cc1. The minimum atomic E-state index is -1.48. The Bertz CT molecular complexity index is 2040. The van der Waals surface area contributed by atoms with Gasteiger partial charge in [0.2, 0.25) is 11.8 Å². The van der Waals surface area contributed by atoms with Crippen LogP contribution in [-0.2, 0) is 25.2 Å². The molecule has 8 rings (SSSR count). The average molecular weight is 646 g/mol. The van der Waals surface area contributed by atoms with E-state index in [1.807, 2.05) is 141 Å². The molecule has 1 heterocycles. The fraction of sp³-hybridized carbons (Fsp3) is 0.186. The average Bonchev–Trinajstić information content (AvgIpc) is 3.64. The number of carbonyl (C=O) groups is 3. The molecule has 0 N–H and O–H groups in total. The number of Topliss-reactive ketones (excluding diaryl/α,β-unsaturated/α-hetero) is 1. The van der Waals surface area contributed by atoms with Crippen LogP contribution < -0.4 is 14.4 Å². The Balaban J connectivity index is 1.54. The number of allylic oxidation sites excluding steroid dienone is 2. The van der Waals surface area contributed by atoms with Crippen molar-refractivity contribution in [3.63, 3.8) is 0 Å². The first kappa shape index (κ1) is 30.6. The van der Waals surface area contributed by atoms with Gasteiger partial charge in [-0.15, -0.1) is 0 Å². The standard InChI is InChI=1S/C43H35NO5/c1-26-15-24-34(27(2)25-26)44-39(45)37-38(40(44)46)43(31-13-9-6-10-14-31)36(29-18-22-33(49-4)23-19-29)35(28-16-20-32(48-3)21-17-28)42(37,41(43)47)30-11-7-5-8-12-30/h5-25,37-38H,1-4H3/t37-,38+,42-,43+. The van der Waals surface area contributed by atoms with Crippen LogP contribution in [0, 0.1) is 25.7 Å². The van der Waals surface area contributed by atoms with E-state index >= 15 is 14.4 Å². The Morgan fingerprint density at radius 2 is 0.980 bits per heavy atom. The summed E-state index contributed by atoms with van der Waals surface area (Å²) in [5.74, 6) is -1.53. The van der Waals surface area contributed by atoms with Crippen LogP contribution in [0.15, 0.2) is 127 Å². The fourth-order valence-electron chi connectivity index (χ4n) is 8.93. The third-order valence-electron chi connectivity index (χ3n) is 10.8. The quantitative estimate of drug-likeness (QED) is 0.171. The van der Waals surface area contributed by atoms with Gasteiger partial charge < -0.3 is 9.47 Å². The second-order valence-electron chi connectivity index (χ2n) is 13.1. The number of hydrogen-bond acceptors (Lipinski definition) is 5. The van der Waals surface area contributed by atoms with Crippen LogP contribution in [0.3, 0.4) is 0 Å². The molecule has 5 aromatic carbocycles. The fourth-order valence-corrected chi connectivity index (χ4v) is 8.93. The zero-order valence-electron chi connectivity index (χ0n) is 27.8. The maximum atomic E-state index is 16.1. The number of methoxy groups -OCH3 is 2. The summed E-state index contributed by atoms with van der Waals surface area (Å²) < 4.78 is 11.1. The van der Waals surface area contributed by atoms with E-state index in [4.69, 9.17) is 9.47 Å². The first-order chi connectivity index (χ1) is 23.8. The van der Waals surface area contributed by atoms with Gasteiger partial charge in [-0.25, -0.2) is 4.90 Å². The van der Waals surface area contributed by atoms with E-state index in [9.17, 15) is 0 Å². The Kier molecular flexibility index (Phi) is 6.97. The van der Waals surface area contributed by atoms with Crippen molar-refractivity contribution in [3.05, 3.63) is 161 Å². The van der Waals surface area contributed by atoms with Gasteiger partial charge in [0.15, 0.2) is 5.78 Å². The lowest BCUT2D eigenvalue weighted by Crippen LogP contribution is -2.45. The number of ether oxygens (including phenoxy) is 2. The number of carbonyl (C=O) groups excluding carboxylic acids is 3. The van der Waals surface area contributed by atoms with Crippen LogP contribution >= 0.6 is 0 Å². The van der Waals surface area contributed by atoms with Gasteiger partial charge in [-0.2, -0.15) is 0 Å². The molecule has 1 saturated carbocycles. The van der Waals surface area contributed by atoms with Crippen molar-refractivity contribution in [2.75, 3.05) is 19.1 Å². The molecule has 0 radical (unpaired) electrons. The van der Waals surface area contributed by atoms with Crippen LogP contribution in [0.4, 0.5) is 5.69 Å². The van der Waals surface area contributed by atoms with Crippen molar-refractivity contribution in [3.8, 4) is 11.5 Å². The van der Waals surface area contributed by atoms with E-state index in [0.29, 0.717) is 28.3 Å². The smallest absolute Gasteiger partial charge is 0.239 e. The molecule has 2 amide bonds. The van der Waals surface area contributed by atoms with Gasteiger partial charge >= 0.3 is 0 Å². The lowest BCUT2D eigenvalue weighted by atomic mass is 9.59. The summed E-state index contributed by atoms with van der Waals surface area (Å²) in [6, 6.07) is 40.1. The maximum absolute atomic E-state index is 16.1. The summed E-state index contributed by atoms with van der Waals surface area (Å²) in [5, 5.41) is 0. The van der Waals surface area contributed by atoms with E-state index in [2.05, 4.69) is 0 Å². The Morgan fingerprint density at radius 3 is 1.37 bits per heavy atom. The summed E-state index contributed by atoms with van der Waals surface area (Å²) >= 11 is 0. The van der Waals surface area contributed by atoms with Gasteiger partial charge in [0.05, 0.1) is 42.6 Å². The first-order valence-electron chi connectivity index (χ1n) is 16.4. The van der Waals surface area contributed by atoms with Gasteiger partial charge in [-0.05, 0) is 83.1 Å². The number of fused-ring (bicyclic) bond motifs is 5. The maximum Gasteiger partial charge on any atom is 0.239 e. The third kappa shape index (κ3) is 3.97. The topological polar surface area (TPSA) is 72.9 Å². The van der Waals surface area contributed by atoms with Crippen molar-refractivity contribution in [2.45, 2.75) is 24.7 Å². The molecule has 3 aliphatic rings. The number of anilines is 1. The molecule has 6 nitrogen and oxygen atoms in total. The summed E-state index contributed by atoms with van der Waals surface area (Å²) in [6.45, 7) is 3.90. The summed E-state index contributed by atoms with van der Waals surface area (Å²) in [6.07, 6.45) is 0. The number of amides is 2. The van der Waals surface area contributed by atoms with Crippen LogP contribution in [0.25, 0.3) is 11.1 Å². The minimum absolute atomic E-state index is 0.161. The number of aryl methyl sites for hydroxylation is 2. The highest BCUT2D eigenvalue weighted by Crippen LogP contribution is 2.74. The first-order valence-corrected chi connectivity index (χ1v) is 16.4. The predicted octanol–water partition coefficient (Wildman–Crippen LogP) is 7.51. The second kappa shape index (κ2) is 11.2. The van der Waals surface area contributed by atoms with E-state index in [1.165, 1.54) is 4.90 Å². The molecule has 242 valence electrons. The monoisotopic (exact) mass is 645 g/mol. The highest BCUT2D eigenvalue weighted by atomic mass is 16.5. The van der Waals surface area contributed by atoms with E-state index < -0.39 is 22.7 Å². The highest BCUT2D eigenvalue weighted by Gasteiger charge is 2.82.